The first kappa shape index (κ1) is 15.4. The highest BCUT2D eigenvalue weighted by Crippen LogP contribution is 2.06. The van der Waals surface area contributed by atoms with E-state index < -0.39 is 0 Å². The predicted molar refractivity (Wildman–Crippen MR) is 66.2 cm³/mol. The van der Waals surface area contributed by atoms with Crippen molar-refractivity contribution in [3.05, 3.63) is 0 Å². The van der Waals surface area contributed by atoms with E-state index in [2.05, 4.69) is 21.0 Å². The Morgan fingerprint density at radius 3 is 2.38 bits per heavy atom. The Morgan fingerprint density at radius 1 is 1.38 bits per heavy atom. The number of ether oxygens (including phenoxy) is 1. The van der Waals surface area contributed by atoms with E-state index in [9.17, 15) is 4.79 Å². The van der Waals surface area contributed by atoms with Gasteiger partial charge in [0.1, 0.15) is 12.5 Å². The van der Waals surface area contributed by atoms with Gasteiger partial charge in [0, 0.05) is 6.54 Å². The van der Waals surface area contributed by atoms with Crippen molar-refractivity contribution in [1.82, 2.24) is 4.90 Å². The van der Waals surface area contributed by atoms with E-state index in [1.54, 1.807) is 0 Å². The first-order valence-electron chi connectivity index (χ1n) is 5.92. The van der Waals surface area contributed by atoms with Crippen LogP contribution in [0.25, 0.3) is 0 Å². The molecular weight excluding hydrogens is 204 g/mol. The number of hydrogen-bond acceptors (Lipinski definition) is 3. The molecule has 4 heteroatoms. The summed E-state index contributed by atoms with van der Waals surface area (Å²) in [6, 6.07) is 0. The van der Waals surface area contributed by atoms with E-state index in [0.29, 0.717) is 6.61 Å². The molecule has 0 fully saturated rings. The molecule has 0 aliphatic rings. The van der Waals surface area contributed by atoms with Crippen LogP contribution in [-0.4, -0.2) is 69.8 Å². The molecule has 1 unspecified atom stereocenters. The zero-order chi connectivity index (χ0) is 12.8. The van der Waals surface area contributed by atoms with Gasteiger partial charge in [-0.05, 0) is 27.9 Å². The Balaban J connectivity index is 3.91. The van der Waals surface area contributed by atoms with Gasteiger partial charge in [-0.25, -0.2) is 0 Å². The van der Waals surface area contributed by atoms with Crippen LogP contribution < -0.4 is 0 Å². The second-order valence-electron chi connectivity index (χ2n) is 5.31. The molecule has 0 rings (SSSR count). The summed E-state index contributed by atoms with van der Waals surface area (Å²) < 4.78 is 6.07. The Morgan fingerprint density at radius 2 is 1.94 bits per heavy atom. The molecule has 0 spiro atoms. The van der Waals surface area contributed by atoms with E-state index >= 15 is 0 Å². The highest BCUT2D eigenvalue weighted by atomic mass is 16.5. The Bertz CT molecular complexity index is 215. The number of esters is 1. The zero-order valence-corrected chi connectivity index (χ0v) is 11.6. The summed E-state index contributed by atoms with van der Waals surface area (Å²) in [5.41, 5.74) is 0. The Labute approximate surface area is 99.8 Å². The Hall–Kier alpha value is -0.610. The maximum Gasteiger partial charge on any atom is 0.314 e. The third-order valence-corrected chi connectivity index (χ3v) is 2.81. The molecule has 0 aromatic carbocycles. The fraction of sp³-hybridized carbons (Fsp3) is 0.917. The first-order valence-corrected chi connectivity index (χ1v) is 5.92. The molecule has 0 saturated carbocycles. The molecule has 0 bridgehead atoms. The predicted octanol–water partition coefficient (Wildman–Crippen LogP) is 0.824. The minimum absolute atomic E-state index is 0.0305. The second-order valence-corrected chi connectivity index (χ2v) is 5.31. The van der Waals surface area contributed by atoms with Crippen molar-refractivity contribution in [1.29, 1.82) is 0 Å². The lowest BCUT2D eigenvalue weighted by Crippen LogP contribution is -2.44. The number of likely N-dealkylation sites (N-methyl/N-ethyl adjacent to an activating group) is 1. The summed E-state index contributed by atoms with van der Waals surface area (Å²) in [6.45, 7) is 7.19. The van der Waals surface area contributed by atoms with Gasteiger partial charge in [-0.15, -0.1) is 0 Å². The largest absolute Gasteiger partial charge is 0.464 e. The lowest BCUT2D eigenvalue weighted by atomic mass is 10.1. The van der Waals surface area contributed by atoms with Gasteiger partial charge < -0.3 is 14.1 Å². The SMILES string of the molecule is CC[N+](C)(C)CC(C)C(=O)OCCN(C)C. The lowest BCUT2D eigenvalue weighted by Gasteiger charge is -2.30. The lowest BCUT2D eigenvalue weighted by molar-refractivity contribution is -0.890. The number of quaternary nitrogens is 1. The molecule has 0 radical (unpaired) electrons. The maximum absolute atomic E-state index is 11.7. The van der Waals surface area contributed by atoms with Crippen molar-refractivity contribution in [2.75, 3.05) is 54.4 Å². The molecule has 96 valence electrons. The van der Waals surface area contributed by atoms with E-state index in [0.717, 1.165) is 24.1 Å². The minimum atomic E-state index is -0.0819. The van der Waals surface area contributed by atoms with Crippen LogP contribution in [0, 0.1) is 5.92 Å². The number of hydrogen-bond donors (Lipinski definition) is 0. The van der Waals surface area contributed by atoms with Crippen molar-refractivity contribution < 1.29 is 14.0 Å². The van der Waals surface area contributed by atoms with Gasteiger partial charge in [0.25, 0.3) is 0 Å². The Kier molecular flexibility index (Phi) is 6.60. The summed E-state index contributed by atoms with van der Waals surface area (Å²) in [4.78, 5) is 13.7. The van der Waals surface area contributed by atoms with Gasteiger partial charge in [0.15, 0.2) is 0 Å². The minimum Gasteiger partial charge on any atom is -0.464 e. The summed E-state index contributed by atoms with van der Waals surface area (Å²) in [7, 11) is 8.19. The van der Waals surface area contributed by atoms with Crippen molar-refractivity contribution in [3.8, 4) is 0 Å². The van der Waals surface area contributed by atoms with Crippen molar-refractivity contribution in [2.24, 2.45) is 5.92 Å². The molecule has 0 heterocycles. The van der Waals surface area contributed by atoms with Crippen LogP contribution in [0.15, 0.2) is 0 Å². The molecule has 0 aliphatic carbocycles. The van der Waals surface area contributed by atoms with Crippen molar-refractivity contribution in [2.45, 2.75) is 13.8 Å². The standard InChI is InChI=1S/C12H27N2O2/c1-7-14(5,6)10-11(2)12(15)16-9-8-13(3)4/h11H,7-10H2,1-6H3/q+1. The normalized spacial score (nSPS) is 13.9. The molecule has 0 amide bonds. The smallest absolute Gasteiger partial charge is 0.314 e. The third-order valence-electron chi connectivity index (χ3n) is 2.81. The molecule has 16 heavy (non-hydrogen) atoms. The van der Waals surface area contributed by atoms with E-state index in [-0.39, 0.29) is 11.9 Å². The van der Waals surface area contributed by atoms with Crippen molar-refractivity contribution >= 4 is 5.97 Å². The van der Waals surface area contributed by atoms with Crippen LogP contribution >= 0.6 is 0 Å². The van der Waals surface area contributed by atoms with Crippen LogP contribution in [0.5, 0.6) is 0 Å². The first-order chi connectivity index (χ1) is 7.28. The monoisotopic (exact) mass is 231 g/mol. The van der Waals surface area contributed by atoms with Gasteiger partial charge in [0.2, 0.25) is 0 Å². The van der Waals surface area contributed by atoms with Crippen LogP contribution in [0.1, 0.15) is 13.8 Å². The van der Waals surface area contributed by atoms with Gasteiger partial charge in [0.05, 0.1) is 27.2 Å². The number of carbonyl (C=O) groups is 1. The summed E-state index contributed by atoms with van der Waals surface area (Å²) in [5, 5.41) is 0. The van der Waals surface area contributed by atoms with Gasteiger partial charge >= 0.3 is 5.97 Å². The average Bonchev–Trinajstić information content (AvgIpc) is 2.16. The van der Waals surface area contributed by atoms with Crippen LogP contribution in [0.2, 0.25) is 0 Å². The zero-order valence-electron chi connectivity index (χ0n) is 11.6. The highest BCUT2D eigenvalue weighted by Gasteiger charge is 2.23. The van der Waals surface area contributed by atoms with Crippen LogP contribution in [0.3, 0.4) is 0 Å². The van der Waals surface area contributed by atoms with E-state index in [1.165, 1.54) is 0 Å². The highest BCUT2D eigenvalue weighted by molar-refractivity contribution is 5.72. The maximum atomic E-state index is 11.7. The fourth-order valence-electron chi connectivity index (χ4n) is 1.42. The van der Waals surface area contributed by atoms with Gasteiger partial charge in [-0.1, -0.05) is 0 Å². The molecule has 0 aliphatic heterocycles. The van der Waals surface area contributed by atoms with Crippen LogP contribution in [0.4, 0.5) is 0 Å². The molecule has 0 aromatic heterocycles. The van der Waals surface area contributed by atoms with E-state index in [1.807, 2.05) is 25.9 Å². The topological polar surface area (TPSA) is 29.5 Å². The third kappa shape index (κ3) is 6.80. The van der Waals surface area contributed by atoms with E-state index in [4.69, 9.17) is 4.74 Å². The van der Waals surface area contributed by atoms with Crippen LogP contribution in [-0.2, 0) is 9.53 Å². The summed E-state index contributed by atoms with van der Waals surface area (Å²) >= 11 is 0. The quantitative estimate of drug-likeness (QED) is 0.480. The molecule has 1 atom stereocenters. The second kappa shape index (κ2) is 6.86. The summed E-state index contributed by atoms with van der Waals surface area (Å²) in [5.74, 6) is -0.112. The van der Waals surface area contributed by atoms with Gasteiger partial charge in [-0.3, -0.25) is 4.79 Å². The van der Waals surface area contributed by atoms with Gasteiger partial charge in [-0.2, -0.15) is 0 Å². The summed E-state index contributed by atoms with van der Waals surface area (Å²) in [6.07, 6.45) is 0. The average molecular weight is 231 g/mol. The fourth-order valence-corrected chi connectivity index (χ4v) is 1.42. The number of nitrogens with zero attached hydrogens (tertiary/aromatic N) is 2. The molecule has 0 saturated heterocycles. The molecule has 0 aromatic rings. The molecular formula is C12H27N2O2+. The molecule has 4 nitrogen and oxygen atoms in total. The number of carbonyl (C=O) groups excluding carboxylic acids is 1. The van der Waals surface area contributed by atoms with Crippen molar-refractivity contribution in [3.63, 3.8) is 0 Å². The molecule has 0 N–H and O–H groups in total. The number of rotatable bonds is 7.